The molecule has 92 valence electrons. The maximum absolute atomic E-state index is 8.77. The molecular weight excluding hydrogens is 217 g/mol. The van der Waals surface area contributed by atoms with E-state index in [1.54, 1.807) is 0 Å². The summed E-state index contributed by atoms with van der Waals surface area (Å²) in [6.07, 6.45) is 5.69. The third-order valence-corrected chi connectivity index (χ3v) is 2.70. The van der Waals surface area contributed by atoms with Gasteiger partial charge in [0.1, 0.15) is 0 Å². The van der Waals surface area contributed by atoms with Crippen molar-refractivity contribution in [2.45, 2.75) is 32.6 Å². The van der Waals surface area contributed by atoms with Crippen molar-refractivity contribution >= 4 is 7.82 Å². The molecule has 0 aromatic carbocycles. The standard InChI is InChI=1S/C9H20N.H3O4P/c1-3-4-7-10(2)8-5-6-9-10;1-5(2,3)4/h3-9H2,1-2H3;(H3,1,2,3,4)/q+1;/p-1. The van der Waals surface area contributed by atoms with Crippen LogP contribution in [0.25, 0.3) is 0 Å². The largest absolute Gasteiger partial charge is 0.756 e. The SMILES string of the molecule is CCCC[N+]1(C)CCCC1.O=P([O-])(O)O. The number of unbranched alkanes of at least 4 members (excludes halogenated alkanes) is 1. The Morgan fingerprint density at radius 3 is 2.07 bits per heavy atom. The van der Waals surface area contributed by atoms with Gasteiger partial charge in [0.05, 0.1) is 26.7 Å². The van der Waals surface area contributed by atoms with Crippen LogP contribution in [0.4, 0.5) is 0 Å². The first-order chi connectivity index (χ1) is 6.77. The van der Waals surface area contributed by atoms with E-state index in [4.69, 9.17) is 19.2 Å². The summed E-state index contributed by atoms with van der Waals surface area (Å²) in [6.45, 7) is 6.55. The molecule has 0 saturated carbocycles. The molecule has 15 heavy (non-hydrogen) atoms. The predicted molar refractivity (Wildman–Crippen MR) is 57.0 cm³/mol. The molecule has 0 amide bonds. The molecule has 0 radical (unpaired) electrons. The first-order valence-electron chi connectivity index (χ1n) is 5.37. The molecule has 6 heteroatoms. The van der Waals surface area contributed by atoms with Crippen molar-refractivity contribution in [3.05, 3.63) is 0 Å². The van der Waals surface area contributed by atoms with Gasteiger partial charge in [0.25, 0.3) is 7.82 Å². The number of phosphoric acid groups is 1. The second kappa shape index (κ2) is 6.61. The number of hydrogen-bond acceptors (Lipinski definition) is 2. The molecule has 1 rings (SSSR count). The van der Waals surface area contributed by atoms with Crippen molar-refractivity contribution in [2.24, 2.45) is 0 Å². The Morgan fingerprint density at radius 1 is 1.33 bits per heavy atom. The Hall–Kier alpha value is 0.0700. The van der Waals surface area contributed by atoms with Crippen LogP contribution in [0.2, 0.25) is 0 Å². The lowest BCUT2D eigenvalue weighted by atomic mass is 10.3. The van der Waals surface area contributed by atoms with Gasteiger partial charge in [0, 0.05) is 12.8 Å². The van der Waals surface area contributed by atoms with Crippen molar-refractivity contribution in [2.75, 3.05) is 26.7 Å². The molecule has 0 unspecified atom stereocenters. The third-order valence-electron chi connectivity index (χ3n) is 2.70. The molecule has 1 heterocycles. The van der Waals surface area contributed by atoms with Gasteiger partial charge in [-0.1, -0.05) is 13.3 Å². The lowest BCUT2D eigenvalue weighted by Crippen LogP contribution is -2.41. The van der Waals surface area contributed by atoms with Gasteiger partial charge in [0.15, 0.2) is 0 Å². The summed E-state index contributed by atoms with van der Waals surface area (Å²) in [5, 5.41) is 0. The van der Waals surface area contributed by atoms with Gasteiger partial charge in [-0.15, -0.1) is 0 Å². The summed E-state index contributed by atoms with van der Waals surface area (Å²) in [6, 6.07) is 0. The van der Waals surface area contributed by atoms with Crippen molar-refractivity contribution < 1.29 is 23.7 Å². The minimum absolute atomic E-state index is 1.36. The van der Waals surface area contributed by atoms with Gasteiger partial charge in [-0.2, -0.15) is 0 Å². The van der Waals surface area contributed by atoms with Crippen molar-refractivity contribution in [1.82, 2.24) is 0 Å². The van der Waals surface area contributed by atoms with Crippen molar-refractivity contribution in [1.29, 1.82) is 0 Å². The van der Waals surface area contributed by atoms with E-state index < -0.39 is 7.82 Å². The van der Waals surface area contributed by atoms with Crippen LogP contribution < -0.4 is 4.89 Å². The Kier molecular flexibility index (Phi) is 6.64. The first-order valence-corrected chi connectivity index (χ1v) is 6.90. The smallest absolute Gasteiger partial charge is 0.262 e. The lowest BCUT2D eigenvalue weighted by molar-refractivity contribution is -0.897. The van der Waals surface area contributed by atoms with E-state index in [9.17, 15) is 0 Å². The van der Waals surface area contributed by atoms with Crippen LogP contribution in [0, 0.1) is 0 Å². The monoisotopic (exact) mass is 239 g/mol. The number of rotatable bonds is 3. The zero-order chi connectivity index (χ0) is 11.9. The lowest BCUT2D eigenvalue weighted by Gasteiger charge is -2.28. The highest BCUT2D eigenvalue weighted by Crippen LogP contribution is 2.19. The maximum Gasteiger partial charge on any atom is 0.262 e. The summed E-state index contributed by atoms with van der Waals surface area (Å²) in [5.74, 6) is 0. The number of hydrogen-bond donors (Lipinski definition) is 2. The summed E-state index contributed by atoms with van der Waals surface area (Å²) in [5.41, 5.74) is 0. The molecule has 0 atom stereocenters. The summed E-state index contributed by atoms with van der Waals surface area (Å²) < 4.78 is 10.1. The van der Waals surface area contributed by atoms with Gasteiger partial charge in [-0.3, -0.25) is 4.57 Å². The molecule has 0 aromatic rings. The first kappa shape index (κ1) is 15.1. The van der Waals surface area contributed by atoms with Gasteiger partial charge in [-0.25, -0.2) is 0 Å². The molecule has 2 N–H and O–H groups in total. The Bertz CT molecular complexity index is 202. The number of quaternary nitrogens is 1. The molecule has 0 spiro atoms. The maximum atomic E-state index is 8.77. The zero-order valence-corrected chi connectivity index (χ0v) is 10.4. The quantitative estimate of drug-likeness (QED) is 0.554. The van der Waals surface area contributed by atoms with E-state index in [0.717, 1.165) is 0 Å². The van der Waals surface area contributed by atoms with Gasteiger partial charge in [-0.05, 0) is 6.42 Å². The van der Waals surface area contributed by atoms with Gasteiger partial charge in [0.2, 0.25) is 0 Å². The molecule has 1 aliphatic rings. The normalized spacial score (nSPS) is 19.5. The number of nitrogens with zero attached hydrogens (tertiary/aromatic N) is 1. The Morgan fingerprint density at radius 2 is 1.73 bits per heavy atom. The van der Waals surface area contributed by atoms with E-state index in [-0.39, 0.29) is 0 Å². The van der Waals surface area contributed by atoms with E-state index in [0.29, 0.717) is 0 Å². The van der Waals surface area contributed by atoms with Crippen LogP contribution in [0.3, 0.4) is 0 Å². The molecule has 1 fully saturated rings. The highest BCUT2D eigenvalue weighted by molar-refractivity contribution is 7.43. The average Bonchev–Trinajstić information content (AvgIpc) is 2.46. The zero-order valence-electron chi connectivity index (χ0n) is 9.56. The predicted octanol–water partition coefficient (Wildman–Crippen LogP) is 0.466. The fraction of sp³-hybridized carbons (Fsp3) is 1.00. The van der Waals surface area contributed by atoms with Crippen molar-refractivity contribution in [3.8, 4) is 0 Å². The Balaban J connectivity index is 0.000000336. The Labute approximate surface area is 91.6 Å². The van der Waals surface area contributed by atoms with E-state index >= 15 is 0 Å². The summed E-state index contributed by atoms with van der Waals surface area (Å²) in [4.78, 5) is 22.9. The topological polar surface area (TPSA) is 80.6 Å². The molecule has 0 aromatic heterocycles. The van der Waals surface area contributed by atoms with Crippen LogP contribution in [-0.4, -0.2) is 41.0 Å². The molecule has 1 saturated heterocycles. The second-order valence-electron chi connectivity index (χ2n) is 4.34. The molecule has 1 aliphatic heterocycles. The van der Waals surface area contributed by atoms with Crippen LogP contribution >= 0.6 is 7.82 Å². The minimum atomic E-state index is -4.89. The van der Waals surface area contributed by atoms with E-state index in [2.05, 4.69) is 14.0 Å². The summed E-state index contributed by atoms with van der Waals surface area (Å²) >= 11 is 0. The van der Waals surface area contributed by atoms with Crippen molar-refractivity contribution in [3.63, 3.8) is 0 Å². The number of likely N-dealkylation sites (tertiary alicyclic amines) is 1. The summed E-state index contributed by atoms with van der Waals surface area (Å²) in [7, 11) is -2.48. The molecular formula is C9H22NO4P. The van der Waals surface area contributed by atoms with E-state index in [1.807, 2.05) is 0 Å². The van der Waals surface area contributed by atoms with Gasteiger partial charge >= 0.3 is 0 Å². The second-order valence-corrected chi connectivity index (χ2v) is 5.32. The highest BCUT2D eigenvalue weighted by Gasteiger charge is 2.25. The molecule has 0 aliphatic carbocycles. The highest BCUT2D eigenvalue weighted by atomic mass is 31.2. The fourth-order valence-corrected chi connectivity index (χ4v) is 1.86. The molecule has 5 nitrogen and oxygen atoms in total. The van der Waals surface area contributed by atoms with Crippen LogP contribution in [0.5, 0.6) is 0 Å². The minimum Gasteiger partial charge on any atom is -0.756 e. The fourth-order valence-electron chi connectivity index (χ4n) is 1.86. The average molecular weight is 239 g/mol. The van der Waals surface area contributed by atoms with Gasteiger partial charge < -0.3 is 19.2 Å². The third kappa shape index (κ3) is 10.4. The van der Waals surface area contributed by atoms with E-state index in [1.165, 1.54) is 49.8 Å². The molecule has 0 bridgehead atoms. The van der Waals surface area contributed by atoms with Crippen LogP contribution in [0.15, 0.2) is 0 Å². The van der Waals surface area contributed by atoms with Crippen LogP contribution in [0.1, 0.15) is 32.6 Å². The van der Waals surface area contributed by atoms with Crippen LogP contribution in [-0.2, 0) is 4.57 Å².